The molecule has 4 N–H and O–H groups in total. The van der Waals surface area contributed by atoms with E-state index in [4.69, 9.17) is 10.5 Å². The van der Waals surface area contributed by atoms with Gasteiger partial charge in [-0.15, -0.1) is 0 Å². The van der Waals surface area contributed by atoms with E-state index in [0.717, 1.165) is 60.7 Å². The normalized spacial score (nSPS) is 14.2. The van der Waals surface area contributed by atoms with E-state index in [1.807, 2.05) is 61.0 Å². The number of ether oxygens (including phenoxy) is 1. The van der Waals surface area contributed by atoms with E-state index in [9.17, 15) is 4.79 Å². The third-order valence-electron chi connectivity index (χ3n) is 7.30. The highest BCUT2D eigenvalue weighted by Crippen LogP contribution is 2.33. The monoisotopic (exact) mass is 539 g/mol. The number of anilines is 3. The van der Waals surface area contributed by atoms with Crippen LogP contribution >= 0.6 is 0 Å². The molecule has 9 nitrogen and oxygen atoms in total. The molecule has 208 valence electrons. The Morgan fingerprint density at radius 1 is 1.15 bits per heavy atom. The molecule has 1 saturated heterocycles. The number of fused-ring (bicyclic) bond motifs is 1. The van der Waals surface area contributed by atoms with E-state index < -0.39 is 0 Å². The number of hydrogen-bond acceptors (Lipinski definition) is 7. The summed E-state index contributed by atoms with van der Waals surface area (Å²) in [4.78, 5) is 24.7. The summed E-state index contributed by atoms with van der Waals surface area (Å²) in [6, 6.07) is 13.9. The molecule has 0 bridgehead atoms. The topological polar surface area (TPSA) is 109 Å². The molecule has 9 heteroatoms. The number of nitrogens with one attached hydrogen (secondary N) is 2. The van der Waals surface area contributed by atoms with Crippen LogP contribution in [0.25, 0.3) is 5.65 Å². The number of amides is 1. The van der Waals surface area contributed by atoms with E-state index in [1.54, 1.807) is 25.4 Å². The molecule has 3 heterocycles. The van der Waals surface area contributed by atoms with E-state index in [-0.39, 0.29) is 5.91 Å². The Hall–Kier alpha value is -4.37. The highest BCUT2D eigenvalue weighted by atomic mass is 16.5. The SMILES string of the molecule is CCNC1CCN(c2ccc(C(=O)Nc3cc(Oc4ccccc4C)c4nc(C)cn4c3)c(N)c2C=NC)CC1. The second-order valence-electron chi connectivity index (χ2n) is 10.2. The molecule has 2 aromatic carbocycles. The summed E-state index contributed by atoms with van der Waals surface area (Å²) in [5, 5.41) is 6.56. The largest absolute Gasteiger partial charge is 0.453 e. The molecule has 4 aromatic rings. The van der Waals surface area contributed by atoms with Crippen LogP contribution in [0.3, 0.4) is 0 Å². The van der Waals surface area contributed by atoms with Crippen LogP contribution < -0.4 is 26.0 Å². The number of benzene rings is 2. The predicted octanol–water partition coefficient (Wildman–Crippen LogP) is 5.20. The fraction of sp³-hybridized carbons (Fsp3) is 0.323. The molecule has 0 atom stereocenters. The quantitative estimate of drug-likeness (QED) is 0.210. The molecule has 1 fully saturated rings. The van der Waals surface area contributed by atoms with Gasteiger partial charge < -0.3 is 30.4 Å². The maximum Gasteiger partial charge on any atom is 0.257 e. The van der Waals surface area contributed by atoms with Crippen molar-refractivity contribution in [2.45, 2.75) is 39.7 Å². The van der Waals surface area contributed by atoms with Crippen molar-refractivity contribution in [3.05, 3.63) is 77.2 Å². The molecule has 0 unspecified atom stereocenters. The molecule has 5 rings (SSSR count). The Balaban J connectivity index is 1.43. The van der Waals surface area contributed by atoms with Crippen molar-refractivity contribution in [2.75, 3.05) is 42.6 Å². The van der Waals surface area contributed by atoms with Crippen LogP contribution in [-0.2, 0) is 0 Å². The first-order valence-corrected chi connectivity index (χ1v) is 13.7. The van der Waals surface area contributed by atoms with Gasteiger partial charge in [-0.1, -0.05) is 25.1 Å². The van der Waals surface area contributed by atoms with Crippen molar-refractivity contribution in [3.63, 3.8) is 0 Å². The van der Waals surface area contributed by atoms with Crippen LogP contribution in [0.2, 0.25) is 0 Å². The first-order valence-electron chi connectivity index (χ1n) is 13.7. The highest BCUT2D eigenvalue weighted by molar-refractivity contribution is 6.11. The van der Waals surface area contributed by atoms with Gasteiger partial charge in [0.15, 0.2) is 11.4 Å². The van der Waals surface area contributed by atoms with Gasteiger partial charge in [0, 0.05) is 62.1 Å². The molecular formula is C31H37N7O2. The maximum atomic E-state index is 13.5. The first-order chi connectivity index (χ1) is 19.4. The molecule has 1 aliphatic rings. The van der Waals surface area contributed by atoms with Gasteiger partial charge in [-0.2, -0.15) is 0 Å². The number of rotatable bonds is 8. The van der Waals surface area contributed by atoms with Crippen LogP contribution in [0.4, 0.5) is 17.1 Å². The second-order valence-corrected chi connectivity index (χ2v) is 10.2. The third kappa shape index (κ3) is 5.65. The number of nitrogens with two attached hydrogens (primary N) is 1. The number of aromatic nitrogens is 2. The van der Waals surface area contributed by atoms with Crippen molar-refractivity contribution in [2.24, 2.45) is 4.99 Å². The Bertz CT molecular complexity index is 1550. The lowest BCUT2D eigenvalue weighted by molar-refractivity contribution is 0.102. The zero-order valence-corrected chi connectivity index (χ0v) is 23.6. The molecule has 0 spiro atoms. The second kappa shape index (κ2) is 11.8. The predicted molar refractivity (Wildman–Crippen MR) is 162 cm³/mol. The number of carbonyl (C=O) groups excluding carboxylic acids is 1. The number of pyridine rings is 1. The molecular weight excluding hydrogens is 502 g/mol. The van der Waals surface area contributed by atoms with Gasteiger partial charge in [0.25, 0.3) is 5.91 Å². The zero-order chi connectivity index (χ0) is 28.2. The van der Waals surface area contributed by atoms with Gasteiger partial charge in [0.1, 0.15) is 5.75 Å². The standard InChI is InChI=1S/C31H37N7O2/c1-5-34-22-12-14-37(15-13-22)26-11-10-24(29(32)25(26)17-33-4)31(39)36-23-16-28(30-35-21(3)18-38(30)19-23)40-27-9-7-6-8-20(27)2/h6-11,16-19,22,34H,5,12-15,32H2,1-4H3,(H,36,39). The minimum Gasteiger partial charge on any atom is -0.453 e. The van der Waals surface area contributed by atoms with Crippen LogP contribution in [0.5, 0.6) is 11.5 Å². The molecule has 0 aliphatic carbocycles. The molecule has 1 amide bonds. The van der Waals surface area contributed by atoms with Crippen LogP contribution in [0, 0.1) is 13.8 Å². The maximum absolute atomic E-state index is 13.5. The Kier molecular flexibility index (Phi) is 8.02. The van der Waals surface area contributed by atoms with Crippen molar-refractivity contribution < 1.29 is 9.53 Å². The summed E-state index contributed by atoms with van der Waals surface area (Å²) in [5.74, 6) is 0.966. The number of aliphatic imine (C=N–C) groups is 1. The summed E-state index contributed by atoms with van der Waals surface area (Å²) in [7, 11) is 1.71. The highest BCUT2D eigenvalue weighted by Gasteiger charge is 2.23. The number of piperidine rings is 1. The summed E-state index contributed by atoms with van der Waals surface area (Å²) in [6.07, 6.45) is 7.58. The lowest BCUT2D eigenvalue weighted by atomic mass is 10.00. The van der Waals surface area contributed by atoms with Crippen molar-refractivity contribution >= 4 is 34.8 Å². The van der Waals surface area contributed by atoms with Crippen LogP contribution in [0.1, 0.15) is 46.9 Å². The minimum atomic E-state index is -0.307. The molecule has 0 saturated carbocycles. The fourth-order valence-corrected chi connectivity index (χ4v) is 5.30. The number of aryl methyl sites for hydroxylation is 2. The van der Waals surface area contributed by atoms with E-state index in [2.05, 4.69) is 32.4 Å². The number of nitrogens with zero attached hydrogens (tertiary/aromatic N) is 4. The minimum absolute atomic E-state index is 0.307. The third-order valence-corrected chi connectivity index (χ3v) is 7.30. The lowest BCUT2D eigenvalue weighted by Crippen LogP contribution is -2.42. The fourth-order valence-electron chi connectivity index (χ4n) is 5.30. The number of hydrogen-bond donors (Lipinski definition) is 3. The number of imidazole rings is 1. The molecule has 1 aliphatic heterocycles. The number of nitrogen functional groups attached to an aromatic ring is 1. The molecule has 0 radical (unpaired) electrons. The summed E-state index contributed by atoms with van der Waals surface area (Å²) in [6.45, 7) is 8.86. The Morgan fingerprint density at radius 2 is 1.93 bits per heavy atom. The van der Waals surface area contributed by atoms with Crippen molar-refractivity contribution in [1.29, 1.82) is 0 Å². The van der Waals surface area contributed by atoms with Crippen LogP contribution in [0.15, 0.2) is 59.9 Å². The van der Waals surface area contributed by atoms with Gasteiger partial charge in [-0.05, 0) is 57.0 Å². The number of carbonyl (C=O) groups is 1. The van der Waals surface area contributed by atoms with E-state index in [0.29, 0.717) is 34.4 Å². The Labute approximate surface area is 235 Å². The summed E-state index contributed by atoms with van der Waals surface area (Å²) < 4.78 is 8.12. The van der Waals surface area contributed by atoms with Gasteiger partial charge in [0.2, 0.25) is 0 Å². The van der Waals surface area contributed by atoms with Gasteiger partial charge in [-0.25, -0.2) is 4.98 Å². The average molecular weight is 540 g/mol. The zero-order valence-electron chi connectivity index (χ0n) is 23.6. The average Bonchev–Trinajstić information content (AvgIpc) is 3.32. The van der Waals surface area contributed by atoms with Gasteiger partial charge >= 0.3 is 0 Å². The van der Waals surface area contributed by atoms with E-state index >= 15 is 0 Å². The summed E-state index contributed by atoms with van der Waals surface area (Å²) in [5.41, 5.74) is 12.3. The van der Waals surface area contributed by atoms with Gasteiger partial charge in [0.05, 0.1) is 22.6 Å². The van der Waals surface area contributed by atoms with Gasteiger partial charge in [-0.3, -0.25) is 9.79 Å². The van der Waals surface area contributed by atoms with Crippen molar-refractivity contribution in [3.8, 4) is 11.5 Å². The molecule has 2 aromatic heterocycles. The number of para-hydroxylation sites is 1. The summed E-state index contributed by atoms with van der Waals surface area (Å²) >= 11 is 0. The lowest BCUT2D eigenvalue weighted by Gasteiger charge is -2.35. The molecule has 40 heavy (non-hydrogen) atoms. The van der Waals surface area contributed by atoms with Crippen molar-refractivity contribution in [1.82, 2.24) is 14.7 Å². The first kappa shape index (κ1) is 27.2. The van der Waals surface area contributed by atoms with Crippen LogP contribution in [-0.4, -0.2) is 54.2 Å². The van der Waals surface area contributed by atoms with E-state index in [1.165, 1.54) is 0 Å². The smallest absolute Gasteiger partial charge is 0.257 e. The Morgan fingerprint density at radius 3 is 2.65 bits per heavy atom.